The number of rotatable bonds is 6. The molecule has 2 aromatic heterocycles. The minimum absolute atomic E-state index is 1.03. The topological polar surface area (TPSA) is 17.8 Å². The molecular formula is C23H24N2. The van der Waals surface area contributed by atoms with Crippen molar-refractivity contribution in [1.82, 2.24) is 9.55 Å². The molecule has 2 heterocycles. The van der Waals surface area contributed by atoms with Crippen molar-refractivity contribution >= 4 is 21.8 Å². The van der Waals surface area contributed by atoms with Crippen LogP contribution in [-0.4, -0.2) is 9.55 Å². The van der Waals surface area contributed by atoms with Crippen LogP contribution >= 0.6 is 0 Å². The summed E-state index contributed by atoms with van der Waals surface area (Å²) in [6.07, 6.45) is 6.98. The Morgan fingerprint density at radius 2 is 1.64 bits per heavy atom. The van der Waals surface area contributed by atoms with Crippen molar-refractivity contribution in [2.45, 2.75) is 39.2 Å². The summed E-state index contributed by atoms with van der Waals surface area (Å²) in [6.45, 7) is 3.34. The quantitative estimate of drug-likeness (QED) is 0.373. The van der Waals surface area contributed by atoms with Gasteiger partial charge in [-0.1, -0.05) is 62.6 Å². The maximum atomic E-state index is 4.52. The van der Waals surface area contributed by atoms with Crippen LogP contribution in [0.1, 0.15) is 32.6 Å². The lowest BCUT2D eigenvalue weighted by molar-refractivity contribution is 0.602. The summed E-state index contributed by atoms with van der Waals surface area (Å²) in [5.74, 6) is 0. The lowest BCUT2D eigenvalue weighted by Gasteiger charge is -2.08. The van der Waals surface area contributed by atoms with Crippen molar-refractivity contribution in [2.24, 2.45) is 0 Å². The zero-order valence-corrected chi connectivity index (χ0v) is 14.8. The summed E-state index contributed by atoms with van der Waals surface area (Å²) in [7, 11) is 0. The van der Waals surface area contributed by atoms with Gasteiger partial charge in [0.1, 0.15) is 0 Å². The van der Waals surface area contributed by atoms with E-state index in [4.69, 9.17) is 0 Å². The van der Waals surface area contributed by atoms with E-state index in [9.17, 15) is 0 Å². The van der Waals surface area contributed by atoms with E-state index in [1.54, 1.807) is 0 Å². The second kappa shape index (κ2) is 7.10. The van der Waals surface area contributed by atoms with E-state index in [0.29, 0.717) is 0 Å². The molecule has 0 amide bonds. The van der Waals surface area contributed by atoms with Gasteiger partial charge in [-0.3, -0.25) is 4.98 Å². The highest BCUT2D eigenvalue weighted by atomic mass is 15.0. The van der Waals surface area contributed by atoms with E-state index in [1.165, 1.54) is 53.1 Å². The van der Waals surface area contributed by atoms with Crippen LogP contribution in [0.3, 0.4) is 0 Å². The number of nitrogens with zero attached hydrogens (tertiary/aromatic N) is 2. The first-order valence-electron chi connectivity index (χ1n) is 9.31. The van der Waals surface area contributed by atoms with Gasteiger partial charge in [-0.2, -0.15) is 0 Å². The van der Waals surface area contributed by atoms with E-state index >= 15 is 0 Å². The van der Waals surface area contributed by atoms with Gasteiger partial charge in [0.05, 0.1) is 5.69 Å². The largest absolute Gasteiger partial charge is 0.340 e. The highest BCUT2D eigenvalue weighted by molar-refractivity contribution is 6.08. The van der Waals surface area contributed by atoms with E-state index in [2.05, 4.69) is 65.0 Å². The van der Waals surface area contributed by atoms with Gasteiger partial charge < -0.3 is 4.57 Å². The number of aryl methyl sites for hydroxylation is 1. The van der Waals surface area contributed by atoms with Gasteiger partial charge in [0, 0.05) is 40.1 Å². The Morgan fingerprint density at radius 1 is 0.800 bits per heavy atom. The van der Waals surface area contributed by atoms with E-state index in [-0.39, 0.29) is 0 Å². The Bertz CT molecular complexity index is 983. The molecule has 0 radical (unpaired) electrons. The molecule has 0 atom stereocenters. The molecule has 0 fully saturated rings. The molecule has 4 aromatic rings. The van der Waals surface area contributed by atoms with Crippen LogP contribution in [-0.2, 0) is 6.54 Å². The summed E-state index contributed by atoms with van der Waals surface area (Å²) >= 11 is 0. The van der Waals surface area contributed by atoms with Crippen LogP contribution in [0.25, 0.3) is 33.1 Å². The first kappa shape index (κ1) is 15.9. The maximum Gasteiger partial charge on any atom is 0.0702 e. The number of pyridine rings is 1. The third-order valence-electron chi connectivity index (χ3n) is 4.97. The van der Waals surface area contributed by atoms with Crippen molar-refractivity contribution in [3.8, 4) is 11.3 Å². The summed E-state index contributed by atoms with van der Waals surface area (Å²) in [4.78, 5) is 4.52. The second-order valence-electron chi connectivity index (χ2n) is 6.68. The highest BCUT2D eigenvalue weighted by Gasteiger charge is 2.11. The lowest BCUT2D eigenvalue weighted by atomic mass is 10.1. The van der Waals surface area contributed by atoms with Crippen molar-refractivity contribution in [1.29, 1.82) is 0 Å². The molecule has 126 valence electrons. The van der Waals surface area contributed by atoms with Crippen molar-refractivity contribution in [3.63, 3.8) is 0 Å². The second-order valence-corrected chi connectivity index (χ2v) is 6.68. The summed E-state index contributed by atoms with van der Waals surface area (Å²) in [5, 5.41) is 2.69. The number of para-hydroxylation sites is 1. The fraction of sp³-hybridized carbons (Fsp3) is 0.261. The molecule has 2 aromatic carbocycles. The third kappa shape index (κ3) is 3.05. The number of hydrogen-bond acceptors (Lipinski definition) is 1. The molecule has 2 heteroatoms. The van der Waals surface area contributed by atoms with E-state index < -0.39 is 0 Å². The minimum atomic E-state index is 1.03. The molecule has 0 N–H and O–H groups in total. The Labute approximate surface area is 149 Å². The van der Waals surface area contributed by atoms with Crippen molar-refractivity contribution in [3.05, 3.63) is 66.9 Å². The highest BCUT2D eigenvalue weighted by Crippen LogP contribution is 2.32. The zero-order valence-electron chi connectivity index (χ0n) is 14.8. The van der Waals surface area contributed by atoms with Gasteiger partial charge in [-0.15, -0.1) is 0 Å². The van der Waals surface area contributed by atoms with Crippen LogP contribution in [0.2, 0.25) is 0 Å². The van der Waals surface area contributed by atoms with E-state index in [0.717, 1.165) is 12.2 Å². The smallest absolute Gasteiger partial charge is 0.0702 e. The zero-order chi connectivity index (χ0) is 17.1. The van der Waals surface area contributed by atoms with Crippen LogP contribution < -0.4 is 0 Å². The van der Waals surface area contributed by atoms with Gasteiger partial charge in [-0.05, 0) is 30.7 Å². The number of benzene rings is 2. The molecule has 0 unspecified atom stereocenters. The predicted octanol–water partition coefficient (Wildman–Crippen LogP) is 6.44. The Kier molecular flexibility index (Phi) is 4.51. The number of hydrogen-bond donors (Lipinski definition) is 0. The number of unbranched alkanes of at least 4 members (excludes halogenated alkanes) is 3. The Morgan fingerprint density at radius 3 is 2.48 bits per heavy atom. The Hall–Kier alpha value is -2.61. The van der Waals surface area contributed by atoms with Crippen LogP contribution in [0.15, 0.2) is 66.9 Å². The fourth-order valence-corrected chi connectivity index (χ4v) is 3.68. The van der Waals surface area contributed by atoms with Gasteiger partial charge in [0.15, 0.2) is 0 Å². The SMILES string of the molecule is CCCCCCn1c2ccccc2c2ccc(-c3ccccn3)cc21. The van der Waals surface area contributed by atoms with Gasteiger partial charge in [0.2, 0.25) is 0 Å². The fourth-order valence-electron chi connectivity index (χ4n) is 3.68. The van der Waals surface area contributed by atoms with Crippen molar-refractivity contribution < 1.29 is 0 Å². The molecule has 4 rings (SSSR count). The summed E-state index contributed by atoms with van der Waals surface area (Å²) < 4.78 is 2.49. The first-order chi connectivity index (χ1) is 12.4. The molecule has 25 heavy (non-hydrogen) atoms. The standard InChI is InChI=1S/C23H24N2/c1-2-3-4-9-16-25-22-12-6-5-10-19(22)20-14-13-18(17-23(20)25)21-11-7-8-15-24-21/h5-8,10-15,17H,2-4,9,16H2,1H3. The lowest BCUT2D eigenvalue weighted by Crippen LogP contribution is -1.98. The molecule has 0 aliphatic rings. The van der Waals surface area contributed by atoms with Crippen LogP contribution in [0.4, 0.5) is 0 Å². The molecule has 0 aliphatic carbocycles. The van der Waals surface area contributed by atoms with Crippen molar-refractivity contribution in [2.75, 3.05) is 0 Å². The van der Waals surface area contributed by atoms with Gasteiger partial charge in [0.25, 0.3) is 0 Å². The maximum absolute atomic E-state index is 4.52. The molecule has 0 aliphatic heterocycles. The minimum Gasteiger partial charge on any atom is -0.340 e. The molecule has 0 saturated heterocycles. The number of fused-ring (bicyclic) bond motifs is 3. The van der Waals surface area contributed by atoms with Crippen LogP contribution in [0, 0.1) is 0 Å². The summed E-state index contributed by atoms with van der Waals surface area (Å²) in [5.41, 5.74) is 4.88. The molecule has 0 bridgehead atoms. The van der Waals surface area contributed by atoms with Gasteiger partial charge in [-0.25, -0.2) is 0 Å². The Balaban J connectivity index is 1.83. The monoisotopic (exact) mass is 328 g/mol. The first-order valence-corrected chi connectivity index (χ1v) is 9.31. The molecule has 0 spiro atoms. The predicted molar refractivity (Wildman–Crippen MR) is 107 cm³/mol. The summed E-state index contributed by atoms with van der Waals surface area (Å²) in [6, 6.07) is 21.6. The third-order valence-corrected chi connectivity index (χ3v) is 4.97. The van der Waals surface area contributed by atoms with Gasteiger partial charge >= 0.3 is 0 Å². The molecular weight excluding hydrogens is 304 g/mol. The van der Waals surface area contributed by atoms with Crippen LogP contribution in [0.5, 0.6) is 0 Å². The molecule has 2 nitrogen and oxygen atoms in total. The average molecular weight is 328 g/mol. The number of aromatic nitrogens is 2. The molecule has 0 saturated carbocycles. The van der Waals surface area contributed by atoms with E-state index in [1.807, 2.05) is 18.3 Å². The average Bonchev–Trinajstić information content (AvgIpc) is 2.99. The normalized spacial score (nSPS) is 11.4.